The van der Waals surface area contributed by atoms with E-state index >= 15 is 0 Å². The van der Waals surface area contributed by atoms with Crippen LogP contribution in [-0.2, 0) is 17.8 Å². The molecular formula is C22H29N3O4. The number of likely N-dealkylation sites (tertiary alicyclic amines) is 1. The van der Waals surface area contributed by atoms with Crippen LogP contribution in [0.25, 0.3) is 0 Å². The predicted octanol–water partition coefficient (Wildman–Crippen LogP) is 2.34. The summed E-state index contributed by atoms with van der Waals surface area (Å²) < 4.78 is 12.9. The van der Waals surface area contributed by atoms with Crippen molar-refractivity contribution >= 4 is 5.97 Å². The summed E-state index contributed by atoms with van der Waals surface area (Å²) >= 11 is 0. The minimum Gasteiger partial charge on any atom is -0.488 e. The van der Waals surface area contributed by atoms with Gasteiger partial charge in [0.2, 0.25) is 0 Å². The first-order chi connectivity index (χ1) is 14.1. The average Bonchev–Trinajstić information content (AvgIpc) is 3.34. The number of aliphatic hydroxyl groups is 1. The molecule has 1 aromatic carbocycles. The molecule has 7 nitrogen and oxygen atoms in total. The second kappa shape index (κ2) is 8.55. The summed E-state index contributed by atoms with van der Waals surface area (Å²) in [5.41, 5.74) is 1.73. The number of aliphatic hydroxyl groups excluding tert-OH is 1. The van der Waals surface area contributed by atoms with E-state index in [1.807, 2.05) is 10.9 Å². The molecule has 1 aliphatic carbocycles. The minimum absolute atomic E-state index is 0.221. The molecule has 2 fully saturated rings. The van der Waals surface area contributed by atoms with Gasteiger partial charge in [-0.25, -0.2) is 4.79 Å². The van der Waals surface area contributed by atoms with Gasteiger partial charge in [-0.15, -0.1) is 0 Å². The highest BCUT2D eigenvalue weighted by atomic mass is 16.5. The topological polar surface area (TPSA) is 76.8 Å². The predicted molar refractivity (Wildman–Crippen MR) is 108 cm³/mol. The highest BCUT2D eigenvalue weighted by molar-refractivity contribution is 5.89. The molecule has 2 aromatic rings. The summed E-state index contributed by atoms with van der Waals surface area (Å²) in [5.74, 6) is 1.33. The van der Waals surface area contributed by atoms with Gasteiger partial charge in [-0.05, 0) is 61.9 Å². The lowest BCUT2D eigenvalue weighted by molar-refractivity contribution is -0.0231. The van der Waals surface area contributed by atoms with Crippen molar-refractivity contribution in [1.82, 2.24) is 14.7 Å². The third-order valence-electron chi connectivity index (χ3n) is 6.21. The first-order valence-corrected chi connectivity index (χ1v) is 10.3. The van der Waals surface area contributed by atoms with E-state index in [0.717, 1.165) is 39.0 Å². The maximum atomic E-state index is 11.6. The van der Waals surface area contributed by atoms with Crippen molar-refractivity contribution < 1.29 is 19.4 Å². The van der Waals surface area contributed by atoms with Gasteiger partial charge in [0, 0.05) is 32.4 Å². The van der Waals surface area contributed by atoms with Crippen molar-refractivity contribution in [2.24, 2.45) is 11.8 Å². The normalized spacial score (nSPS) is 26.9. The van der Waals surface area contributed by atoms with Crippen LogP contribution >= 0.6 is 0 Å². The van der Waals surface area contributed by atoms with Gasteiger partial charge in [0.1, 0.15) is 11.9 Å². The van der Waals surface area contributed by atoms with Crippen LogP contribution in [0.4, 0.5) is 0 Å². The number of carbonyl (C=O) groups is 1. The summed E-state index contributed by atoms with van der Waals surface area (Å²) in [5, 5.41) is 15.0. The molecule has 156 valence electrons. The Kier molecular flexibility index (Phi) is 5.87. The van der Waals surface area contributed by atoms with Crippen LogP contribution in [-0.4, -0.2) is 58.2 Å². The number of rotatable bonds is 6. The Labute approximate surface area is 171 Å². The Morgan fingerprint density at radius 3 is 2.59 bits per heavy atom. The highest BCUT2D eigenvalue weighted by Gasteiger charge is 2.42. The largest absolute Gasteiger partial charge is 0.488 e. The zero-order valence-electron chi connectivity index (χ0n) is 17.0. The van der Waals surface area contributed by atoms with Crippen molar-refractivity contribution in [3.8, 4) is 5.75 Å². The maximum Gasteiger partial charge on any atom is 0.337 e. The Morgan fingerprint density at radius 1 is 1.17 bits per heavy atom. The second-order valence-corrected chi connectivity index (χ2v) is 8.06. The molecule has 1 saturated heterocycles. The molecule has 7 heteroatoms. The molecule has 4 atom stereocenters. The summed E-state index contributed by atoms with van der Waals surface area (Å²) in [4.78, 5) is 14.0. The summed E-state index contributed by atoms with van der Waals surface area (Å²) in [6.45, 7) is 5.92. The number of ether oxygens (including phenoxy) is 2. The fourth-order valence-electron chi connectivity index (χ4n) is 4.71. The van der Waals surface area contributed by atoms with Crippen LogP contribution in [0.3, 0.4) is 0 Å². The van der Waals surface area contributed by atoms with Crippen LogP contribution in [0.5, 0.6) is 5.75 Å². The number of esters is 1. The molecule has 0 amide bonds. The van der Waals surface area contributed by atoms with Crippen molar-refractivity contribution in [2.75, 3.05) is 20.2 Å². The van der Waals surface area contributed by atoms with E-state index in [-0.39, 0.29) is 12.1 Å². The zero-order valence-corrected chi connectivity index (χ0v) is 17.0. The van der Waals surface area contributed by atoms with Gasteiger partial charge in [-0.2, -0.15) is 5.10 Å². The van der Waals surface area contributed by atoms with Crippen LogP contribution < -0.4 is 4.74 Å². The molecule has 0 unspecified atom stereocenters. The van der Waals surface area contributed by atoms with E-state index in [1.54, 1.807) is 24.3 Å². The second-order valence-electron chi connectivity index (χ2n) is 8.06. The minimum atomic E-state index is -0.474. The molecule has 4 rings (SSSR count). The Bertz CT molecular complexity index is 835. The summed E-state index contributed by atoms with van der Waals surface area (Å²) in [6, 6.07) is 8.99. The first kappa shape index (κ1) is 19.9. The van der Waals surface area contributed by atoms with Crippen LogP contribution in [0.15, 0.2) is 36.5 Å². The monoisotopic (exact) mass is 399 g/mol. The van der Waals surface area contributed by atoms with Gasteiger partial charge < -0.3 is 14.6 Å². The molecule has 1 aliphatic heterocycles. The molecule has 1 aromatic heterocycles. The SMILES string of the molecule is CCn1nccc1CN1C[C@H]2C[C@@H](Oc3ccc(C(=O)OC)cc3)[C@H](O)C[C@H]2C1. The Balaban J connectivity index is 1.36. The van der Waals surface area contributed by atoms with Crippen molar-refractivity contribution in [2.45, 2.75) is 45.1 Å². The molecule has 29 heavy (non-hydrogen) atoms. The number of carbonyl (C=O) groups excluding carboxylic acids is 1. The molecular weight excluding hydrogens is 370 g/mol. The number of aromatic nitrogens is 2. The number of hydrogen-bond acceptors (Lipinski definition) is 6. The van der Waals surface area contributed by atoms with Crippen molar-refractivity contribution in [1.29, 1.82) is 0 Å². The smallest absolute Gasteiger partial charge is 0.337 e. The number of nitrogens with zero attached hydrogens (tertiary/aromatic N) is 3. The van der Waals surface area contributed by atoms with E-state index in [0.29, 0.717) is 23.1 Å². The zero-order chi connectivity index (χ0) is 20.4. The third kappa shape index (κ3) is 4.31. The number of aryl methyl sites for hydroxylation is 1. The number of benzene rings is 1. The number of fused-ring (bicyclic) bond motifs is 1. The van der Waals surface area contributed by atoms with Crippen LogP contribution in [0.2, 0.25) is 0 Å². The summed E-state index contributed by atoms with van der Waals surface area (Å²) in [6.07, 6.45) is 2.77. The fraction of sp³-hybridized carbons (Fsp3) is 0.545. The van der Waals surface area contributed by atoms with Gasteiger partial charge in [0.25, 0.3) is 0 Å². The lowest BCUT2D eigenvalue weighted by Gasteiger charge is -2.35. The number of hydrogen-bond donors (Lipinski definition) is 1. The van der Waals surface area contributed by atoms with E-state index in [1.165, 1.54) is 12.8 Å². The molecule has 1 saturated carbocycles. The molecule has 2 aliphatic rings. The van der Waals surface area contributed by atoms with Crippen molar-refractivity contribution in [3.05, 3.63) is 47.8 Å². The van der Waals surface area contributed by atoms with Gasteiger partial charge >= 0.3 is 5.97 Å². The molecule has 0 spiro atoms. The quantitative estimate of drug-likeness (QED) is 0.752. The van der Waals surface area contributed by atoms with Gasteiger partial charge in [-0.1, -0.05) is 0 Å². The Hall–Kier alpha value is -2.38. The summed E-state index contributed by atoms with van der Waals surface area (Å²) in [7, 11) is 1.36. The average molecular weight is 399 g/mol. The van der Waals surface area contributed by atoms with Gasteiger partial charge in [0.05, 0.1) is 24.5 Å². The van der Waals surface area contributed by atoms with Crippen LogP contribution in [0, 0.1) is 11.8 Å². The number of methoxy groups -OCH3 is 1. The van der Waals surface area contributed by atoms with E-state index < -0.39 is 6.10 Å². The molecule has 1 N–H and O–H groups in total. The Morgan fingerprint density at radius 2 is 1.90 bits per heavy atom. The lowest BCUT2D eigenvalue weighted by Crippen LogP contribution is -2.42. The van der Waals surface area contributed by atoms with Gasteiger partial charge in [-0.3, -0.25) is 9.58 Å². The molecule has 0 bridgehead atoms. The van der Waals surface area contributed by atoms with Crippen LogP contribution in [0.1, 0.15) is 35.8 Å². The fourth-order valence-corrected chi connectivity index (χ4v) is 4.71. The molecule has 2 heterocycles. The standard InChI is InChI=1S/C22H29N3O4/c1-3-25-18(8-9-23-25)14-24-12-16-10-20(26)21(11-17(16)13-24)29-19-6-4-15(5-7-19)22(27)28-2/h4-9,16-17,20-21,26H,3,10-14H2,1-2H3/t16-,17+,20+,21+/m0/s1. The van der Waals surface area contributed by atoms with E-state index in [2.05, 4.69) is 23.0 Å². The molecule has 0 radical (unpaired) electrons. The first-order valence-electron chi connectivity index (χ1n) is 10.3. The van der Waals surface area contributed by atoms with Crippen molar-refractivity contribution in [3.63, 3.8) is 0 Å². The lowest BCUT2D eigenvalue weighted by atomic mass is 9.78. The maximum absolute atomic E-state index is 11.6. The van der Waals surface area contributed by atoms with Gasteiger partial charge in [0.15, 0.2) is 0 Å². The highest BCUT2D eigenvalue weighted by Crippen LogP contribution is 2.38. The van der Waals surface area contributed by atoms with E-state index in [4.69, 9.17) is 9.47 Å². The third-order valence-corrected chi connectivity index (χ3v) is 6.21. The van der Waals surface area contributed by atoms with E-state index in [9.17, 15) is 9.90 Å².